The van der Waals surface area contributed by atoms with Gasteiger partial charge in [0.05, 0.1) is 12.3 Å². The first-order valence-electron chi connectivity index (χ1n) is 7.37. The lowest BCUT2D eigenvalue weighted by molar-refractivity contribution is 0.340. The molecule has 0 saturated carbocycles. The highest BCUT2D eigenvalue weighted by Gasteiger charge is 2.16. The van der Waals surface area contributed by atoms with Gasteiger partial charge in [-0.15, -0.1) is 0 Å². The summed E-state index contributed by atoms with van der Waals surface area (Å²) in [5.41, 5.74) is -0.683. The van der Waals surface area contributed by atoms with Crippen LogP contribution in [0.4, 0.5) is 0 Å². The summed E-state index contributed by atoms with van der Waals surface area (Å²) in [5, 5.41) is 0.184. The van der Waals surface area contributed by atoms with E-state index in [1.807, 2.05) is 6.92 Å². The van der Waals surface area contributed by atoms with E-state index < -0.39 is 16.9 Å². The van der Waals surface area contributed by atoms with Gasteiger partial charge in [0.25, 0.3) is 5.56 Å². The van der Waals surface area contributed by atoms with Crippen LogP contribution in [0.5, 0.6) is 5.75 Å². The van der Waals surface area contributed by atoms with E-state index in [9.17, 15) is 14.4 Å². The molecule has 0 atom stereocenters. The van der Waals surface area contributed by atoms with E-state index in [1.165, 1.54) is 18.7 Å². The highest BCUT2D eigenvalue weighted by atomic mass is 16.5. The predicted molar refractivity (Wildman–Crippen MR) is 89.5 cm³/mol. The number of aromatic nitrogens is 4. The maximum atomic E-state index is 12.5. The minimum absolute atomic E-state index is 0.0516. The number of ether oxygens (including phenoxy) is 1. The van der Waals surface area contributed by atoms with Gasteiger partial charge >= 0.3 is 11.4 Å². The van der Waals surface area contributed by atoms with Gasteiger partial charge in [0.15, 0.2) is 5.65 Å². The zero-order valence-electron chi connectivity index (χ0n) is 13.5. The summed E-state index contributed by atoms with van der Waals surface area (Å²) in [6.07, 6.45) is 0. The lowest BCUT2D eigenvalue weighted by Gasteiger charge is -2.10. The third-order valence-electron chi connectivity index (χ3n) is 3.78. The van der Waals surface area contributed by atoms with Crippen molar-refractivity contribution in [1.29, 1.82) is 0 Å². The third-order valence-corrected chi connectivity index (χ3v) is 3.78. The molecule has 0 unspecified atom stereocenters. The highest BCUT2D eigenvalue weighted by Crippen LogP contribution is 2.23. The molecule has 0 aliphatic rings. The molecule has 124 valence electrons. The number of aromatic amines is 1. The van der Waals surface area contributed by atoms with Crippen molar-refractivity contribution >= 4 is 11.0 Å². The highest BCUT2D eigenvalue weighted by molar-refractivity contribution is 5.89. The van der Waals surface area contributed by atoms with E-state index in [2.05, 4.69) is 9.97 Å². The number of nitrogens with one attached hydrogen (secondary N) is 1. The number of fused-ring (bicyclic) bond motifs is 1. The van der Waals surface area contributed by atoms with Crippen LogP contribution < -0.4 is 21.7 Å². The van der Waals surface area contributed by atoms with Crippen LogP contribution in [0.25, 0.3) is 22.3 Å². The topological polar surface area (TPSA) is 99.0 Å². The van der Waals surface area contributed by atoms with Crippen LogP contribution in [0, 0.1) is 0 Å². The molecular weight excluding hydrogens is 312 g/mol. The molecule has 0 aliphatic heterocycles. The summed E-state index contributed by atoms with van der Waals surface area (Å²) in [7, 11) is 2.86. The zero-order valence-corrected chi connectivity index (χ0v) is 13.5. The number of hydrogen-bond acceptors (Lipinski definition) is 5. The summed E-state index contributed by atoms with van der Waals surface area (Å²) in [5.74, 6) is 0.683. The molecule has 0 fully saturated rings. The fourth-order valence-corrected chi connectivity index (χ4v) is 2.58. The molecule has 1 N–H and O–H groups in total. The van der Waals surface area contributed by atoms with Gasteiger partial charge in [-0.25, -0.2) is 9.59 Å². The van der Waals surface area contributed by atoms with Crippen LogP contribution in [0.15, 0.2) is 38.6 Å². The molecule has 3 aromatic rings. The number of benzene rings is 1. The Kier molecular flexibility index (Phi) is 3.80. The summed E-state index contributed by atoms with van der Waals surface area (Å²) in [6, 6.07) is 6.96. The van der Waals surface area contributed by atoms with Gasteiger partial charge in [0.2, 0.25) is 0 Å². The monoisotopic (exact) mass is 328 g/mol. The van der Waals surface area contributed by atoms with Crippen molar-refractivity contribution in [1.82, 2.24) is 19.1 Å². The van der Waals surface area contributed by atoms with E-state index in [0.717, 1.165) is 4.57 Å². The average molecular weight is 328 g/mol. The quantitative estimate of drug-likeness (QED) is 0.750. The van der Waals surface area contributed by atoms with Crippen molar-refractivity contribution < 1.29 is 4.74 Å². The number of rotatable bonds is 3. The Balaban J connectivity index is 2.38. The second-order valence-corrected chi connectivity index (χ2v) is 5.28. The van der Waals surface area contributed by atoms with E-state index in [0.29, 0.717) is 23.6 Å². The molecule has 1 aromatic carbocycles. The smallest absolute Gasteiger partial charge is 0.347 e. The van der Waals surface area contributed by atoms with Crippen molar-refractivity contribution in [3.8, 4) is 17.0 Å². The molecule has 0 spiro atoms. The van der Waals surface area contributed by atoms with Crippen molar-refractivity contribution in [3.05, 3.63) is 55.6 Å². The molecule has 0 amide bonds. The van der Waals surface area contributed by atoms with Crippen LogP contribution in [0.1, 0.15) is 6.92 Å². The maximum Gasteiger partial charge on any atom is 0.347 e. The Morgan fingerprint density at radius 1 is 1.08 bits per heavy atom. The van der Waals surface area contributed by atoms with Crippen molar-refractivity contribution in [3.63, 3.8) is 0 Å². The van der Waals surface area contributed by atoms with Crippen molar-refractivity contribution in [2.45, 2.75) is 6.92 Å². The molecule has 0 saturated heterocycles. The standard InChI is InChI=1S/C16H16N4O4/c1-4-24-10-7-5-9(6-8-10)12-11-13(18-15(22)17-12)19(2)16(23)20(3)14(11)21/h5-8H,4H2,1-3H3,(H,17,18,22). The number of hydrogen-bond donors (Lipinski definition) is 1. The number of aryl methyl sites for hydroxylation is 1. The number of H-pyrrole nitrogens is 1. The summed E-state index contributed by atoms with van der Waals surface area (Å²) in [4.78, 5) is 42.8. The molecule has 2 aromatic heterocycles. The third kappa shape index (κ3) is 2.41. The lowest BCUT2D eigenvalue weighted by Crippen LogP contribution is -2.38. The van der Waals surface area contributed by atoms with Gasteiger partial charge in [-0.3, -0.25) is 13.9 Å². The SMILES string of the molecule is CCOc1ccc(-c2[nH]c(=O)nc3c2c(=O)n(C)c(=O)n3C)cc1. The van der Waals surface area contributed by atoms with Crippen LogP contribution in [-0.4, -0.2) is 25.7 Å². The van der Waals surface area contributed by atoms with Crippen LogP contribution >= 0.6 is 0 Å². The van der Waals surface area contributed by atoms with E-state index in [4.69, 9.17) is 4.74 Å². The maximum absolute atomic E-state index is 12.5. The minimum atomic E-state index is -0.630. The second-order valence-electron chi connectivity index (χ2n) is 5.28. The van der Waals surface area contributed by atoms with E-state index >= 15 is 0 Å². The summed E-state index contributed by atoms with van der Waals surface area (Å²) < 4.78 is 7.56. The van der Waals surface area contributed by atoms with Gasteiger partial charge in [-0.2, -0.15) is 4.98 Å². The summed E-state index contributed by atoms with van der Waals surface area (Å²) >= 11 is 0. The fraction of sp³-hybridized carbons (Fsp3) is 0.250. The molecular formula is C16H16N4O4. The Morgan fingerprint density at radius 3 is 2.38 bits per heavy atom. The van der Waals surface area contributed by atoms with Gasteiger partial charge in [-0.05, 0) is 36.8 Å². The molecule has 2 heterocycles. The molecule has 3 rings (SSSR count). The normalized spacial score (nSPS) is 11.0. The molecule has 8 heteroatoms. The molecule has 0 bridgehead atoms. The Morgan fingerprint density at radius 2 is 1.75 bits per heavy atom. The predicted octanol–water partition coefficient (Wildman–Crippen LogP) is 0.386. The Hall–Kier alpha value is -3.16. The van der Waals surface area contributed by atoms with Gasteiger partial charge in [-0.1, -0.05) is 0 Å². The zero-order chi connectivity index (χ0) is 17.4. The first-order valence-corrected chi connectivity index (χ1v) is 7.37. The largest absolute Gasteiger partial charge is 0.494 e. The first-order chi connectivity index (χ1) is 11.4. The van der Waals surface area contributed by atoms with Crippen LogP contribution in [-0.2, 0) is 14.1 Å². The average Bonchev–Trinajstić information content (AvgIpc) is 2.58. The van der Waals surface area contributed by atoms with Crippen molar-refractivity contribution in [2.75, 3.05) is 6.61 Å². The van der Waals surface area contributed by atoms with Gasteiger partial charge < -0.3 is 9.72 Å². The van der Waals surface area contributed by atoms with E-state index in [-0.39, 0.29) is 11.0 Å². The van der Waals surface area contributed by atoms with Crippen LogP contribution in [0.2, 0.25) is 0 Å². The number of nitrogens with zero attached hydrogens (tertiary/aromatic N) is 3. The van der Waals surface area contributed by atoms with Gasteiger partial charge in [0.1, 0.15) is 11.1 Å². The summed E-state index contributed by atoms with van der Waals surface area (Å²) in [6.45, 7) is 2.42. The molecule has 0 aliphatic carbocycles. The van der Waals surface area contributed by atoms with Crippen LogP contribution in [0.3, 0.4) is 0 Å². The molecule has 0 radical (unpaired) electrons. The fourth-order valence-electron chi connectivity index (χ4n) is 2.58. The lowest BCUT2D eigenvalue weighted by atomic mass is 10.1. The van der Waals surface area contributed by atoms with E-state index in [1.54, 1.807) is 24.3 Å². The molecule has 8 nitrogen and oxygen atoms in total. The minimum Gasteiger partial charge on any atom is -0.494 e. The first kappa shape index (κ1) is 15.7. The van der Waals surface area contributed by atoms with Crippen molar-refractivity contribution in [2.24, 2.45) is 14.1 Å². The van der Waals surface area contributed by atoms with Gasteiger partial charge in [0, 0.05) is 14.1 Å². The Bertz CT molecular complexity index is 1090. The Labute approximate surface area is 136 Å². The molecule has 24 heavy (non-hydrogen) atoms. The second kappa shape index (κ2) is 5.80.